The average Bonchev–Trinajstić information content (AvgIpc) is 2.14. The lowest BCUT2D eigenvalue weighted by atomic mass is 10.2. The number of rotatable bonds is 8. The van der Waals surface area contributed by atoms with Crippen LogP contribution in [0.5, 0.6) is 0 Å². The van der Waals surface area contributed by atoms with Gasteiger partial charge in [0.05, 0.1) is 13.2 Å². The molecule has 0 heterocycles. The van der Waals surface area contributed by atoms with E-state index in [2.05, 4.69) is 10.1 Å². The van der Waals surface area contributed by atoms with Crippen LogP contribution in [0.15, 0.2) is 0 Å². The SMILES string of the molecule is CCC(COC)NCCOCC(F)(F)F. The molecule has 0 aromatic heterocycles. The third kappa shape index (κ3) is 9.96. The Morgan fingerprint density at radius 3 is 2.47 bits per heavy atom. The molecule has 0 rings (SSSR count). The fourth-order valence-electron chi connectivity index (χ4n) is 1.05. The quantitative estimate of drug-likeness (QED) is 0.641. The molecule has 0 fully saturated rings. The molecule has 0 aromatic carbocycles. The van der Waals surface area contributed by atoms with Crippen LogP contribution >= 0.6 is 0 Å². The first-order valence-corrected chi connectivity index (χ1v) is 4.86. The third-order valence-corrected chi connectivity index (χ3v) is 1.81. The van der Waals surface area contributed by atoms with Crippen LogP contribution in [0.3, 0.4) is 0 Å². The van der Waals surface area contributed by atoms with Gasteiger partial charge in [0, 0.05) is 19.7 Å². The summed E-state index contributed by atoms with van der Waals surface area (Å²) >= 11 is 0. The monoisotopic (exact) mass is 229 g/mol. The molecule has 0 aliphatic heterocycles. The Bertz CT molecular complexity index is 153. The largest absolute Gasteiger partial charge is 0.411 e. The molecule has 15 heavy (non-hydrogen) atoms. The van der Waals surface area contributed by atoms with Crippen molar-refractivity contribution in [3.8, 4) is 0 Å². The van der Waals surface area contributed by atoms with Crippen molar-refractivity contribution in [2.24, 2.45) is 0 Å². The van der Waals surface area contributed by atoms with Crippen LogP contribution in [0.4, 0.5) is 13.2 Å². The van der Waals surface area contributed by atoms with Gasteiger partial charge in [-0.3, -0.25) is 0 Å². The first-order valence-electron chi connectivity index (χ1n) is 4.86. The summed E-state index contributed by atoms with van der Waals surface area (Å²) in [6, 6.07) is 0.171. The zero-order valence-corrected chi connectivity index (χ0v) is 9.06. The van der Waals surface area contributed by atoms with E-state index < -0.39 is 12.8 Å². The average molecular weight is 229 g/mol. The molecule has 0 saturated carbocycles. The fraction of sp³-hybridized carbons (Fsp3) is 1.00. The molecule has 6 heteroatoms. The Hall–Kier alpha value is -0.330. The van der Waals surface area contributed by atoms with Crippen molar-refractivity contribution in [3.05, 3.63) is 0 Å². The molecule has 3 nitrogen and oxygen atoms in total. The van der Waals surface area contributed by atoms with Gasteiger partial charge in [0.2, 0.25) is 0 Å². The lowest BCUT2D eigenvalue weighted by molar-refractivity contribution is -0.173. The number of halogens is 3. The minimum atomic E-state index is -4.24. The van der Waals surface area contributed by atoms with Crippen molar-refractivity contribution in [1.82, 2.24) is 5.32 Å². The van der Waals surface area contributed by atoms with E-state index in [1.165, 1.54) is 0 Å². The highest BCUT2D eigenvalue weighted by molar-refractivity contribution is 4.62. The van der Waals surface area contributed by atoms with E-state index in [0.717, 1.165) is 6.42 Å². The summed E-state index contributed by atoms with van der Waals surface area (Å²) in [5.74, 6) is 0. The first kappa shape index (κ1) is 14.7. The maximum Gasteiger partial charge on any atom is 0.411 e. The van der Waals surface area contributed by atoms with Gasteiger partial charge in [-0.15, -0.1) is 0 Å². The van der Waals surface area contributed by atoms with Crippen LogP contribution in [0.1, 0.15) is 13.3 Å². The summed E-state index contributed by atoms with van der Waals surface area (Å²) in [7, 11) is 1.59. The van der Waals surface area contributed by atoms with Crippen LogP contribution < -0.4 is 5.32 Å². The van der Waals surface area contributed by atoms with Gasteiger partial charge in [-0.25, -0.2) is 0 Å². The van der Waals surface area contributed by atoms with Crippen LogP contribution in [0, 0.1) is 0 Å². The highest BCUT2D eigenvalue weighted by Crippen LogP contribution is 2.13. The maximum absolute atomic E-state index is 11.7. The summed E-state index contributed by atoms with van der Waals surface area (Å²) in [6.07, 6.45) is -3.37. The molecule has 0 aliphatic carbocycles. The molecular weight excluding hydrogens is 211 g/mol. The minimum Gasteiger partial charge on any atom is -0.383 e. The van der Waals surface area contributed by atoms with E-state index in [4.69, 9.17) is 4.74 Å². The molecule has 0 saturated heterocycles. The molecule has 92 valence electrons. The van der Waals surface area contributed by atoms with E-state index in [1.807, 2.05) is 6.92 Å². The minimum absolute atomic E-state index is 0.0553. The van der Waals surface area contributed by atoms with Crippen molar-refractivity contribution in [2.75, 3.05) is 33.5 Å². The topological polar surface area (TPSA) is 30.5 Å². The van der Waals surface area contributed by atoms with Crippen LogP contribution in [0.25, 0.3) is 0 Å². The molecule has 0 aliphatic rings. The van der Waals surface area contributed by atoms with Crippen LogP contribution in [0.2, 0.25) is 0 Å². The van der Waals surface area contributed by atoms with E-state index in [1.54, 1.807) is 7.11 Å². The fourth-order valence-corrected chi connectivity index (χ4v) is 1.05. The molecule has 0 radical (unpaired) electrons. The van der Waals surface area contributed by atoms with Gasteiger partial charge in [-0.05, 0) is 6.42 Å². The number of methoxy groups -OCH3 is 1. The van der Waals surface area contributed by atoms with Crippen molar-refractivity contribution in [2.45, 2.75) is 25.6 Å². The van der Waals surface area contributed by atoms with Crippen LogP contribution in [-0.2, 0) is 9.47 Å². The molecular formula is C9H18F3NO2. The zero-order valence-electron chi connectivity index (χ0n) is 9.06. The molecule has 0 aromatic rings. The highest BCUT2D eigenvalue weighted by Gasteiger charge is 2.27. The smallest absolute Gasteiger partial charge is 0.383 e. The summed E-state index contributed by atoms with van der Waals surface area (Å²) in [5, 5.41) is 3.04. The van der Waals surface area contributed by atoms with E-state index in [9.17, 15) is 13.2 Å². The predicted octanol–water partition coefficient (Wildman–Crippen LogP) is 1.58. The molecule has 0 spiro atoms. The van der Waals surface area contributed by atoms with Crippen LogP contribution in [-0.4, -0.2) is 45.7 Å². The Morgan fingerprint density at radius 1 is 1.33 bits per heavy atom. The Labute approximate surface area is 87.9 Å². The van der Waals surface area contributed by atoms with E-state index >= 15 is 0 Å². The number of nitrogens with one attached hydrogen (secondary N) is 1. The molecule has 1 N–H and O–H groups in total. The molecule has 1 atom stereocenters. The van der Waals surface area contributed by atoms with Gasteiger partial charge >= 0.3 is 6.18 Å². The van der Waals surface area contributed by atoms with Gasteiger partial charge in [0.1, 0.15) is 6.61 Å². The third-order valence-electron chi connectivity index (χ3n) is 1.81. The Balaban J connectivity index is 3.36. The van der Waals surface area contributed by atoms with E-state index in [0.29, 0.717) is 13.2 Å². The zero-order chi connectivity index (χ0) is 11.7. The number of alkyl halides is 3. The van der Waals surface area contributed by atoms with Gasteiger partial charge in [0.25, 0.3) is 0 Å². The number of ether oxygens (including phenoxy) is 2. The Kier molecular flexibility index (Phi) is 7.72. The molecule has 0 bridgehead atoms. The van der Waals surface area contributed by atoms with Gasteiger partial charge in [-0.1, -0.05) is 6.92 Å². The van der Waals surface area contributed by atoms with Gasteiger partial charge < -0.3 is 14.8 Å². The normalized spacial score (nSPS) is 14.2. The van der Waals surface area contributed by atoms with Crippen molar-refractivity contribution in [3.63, 3.8) is 0 Å². The summed E-state index contributed by atoms with van der Waals surface area (Å²) in [6.45, 7) is 1.80. The standard InChI is InChI=1S/C9H18F3NO2/c1-3-8(6-14-2)13-4-5-15-7-9(10,11)12/h8,13H,3-7H2,1-2H3. The predicted molar refractivity (Wildman–Crippen MR) is 50.8 cm³/mol. The highest BCUT2D eigenvalue weighted by atomic mass is 19.4. The Morgan fingerprint density at radius 2 is 2.00 bits per heavy atom. The summed E-state index contributed by atoms with van der Waals surface area (Å²) in [4.78, 5) is 0. The lowest BCUT2D eigenvalue weighted by Crippen LogP contribution is -2.35. The number of hydrogen-bond acceptors (Lipinski definition) is 3. The summed E-state index contributed by atoms with van der Waals surface area (Å²) in [5.41, 5.74) is 0. The lowest BCUT2D eigenvalue weighted by Gasteiger charge is -2.15. The second-order valence-electron chi connectivity index (χ2n) is 3.18. The summed E-state index contributed by atoms with van der Waals surface area (Å²) < 4.78 is 44.4. The first-order chi connectivity index (χ1) is 6.99. The maximum atomic E-state index is 11.7. The van der Waals surface area contributed by atoms with E-state index in [-0.39, 0.29) is 12.6 Å². The van der Waals surface area contributed by atoms with Gasteiger partial charge in [0.15, 0.2) is 0 Å². The molecule has 1 unspecified atom stereocenters. The number of hydrogen-bond donors (Lipinski definition) is 1. The van der Waals surface area contributed by atoms with Crippen molar-refractivity contribution < 1.29 is 22.6 Å². The van der Waals surface area contributed by atoms with Gasteiger partial charge in [-0.2, -0.15) is 13.2 Å². The van der Waals surface area contributed by atoms with Crippen molar-refractivity contribution >= 4 is 0 Å². The second-order valence-corrected chi connectivity index (χ2v) is 3.18. The molecule has 0 amide bonds. The van der Waals surface area contributed by atoms with Crippen molar-refractivity contribution in [1.29, 1.82) is 0 Å². The second kappa shape index (κ2) is 7.90.